The molecule has 1 aromatic heterocycles. The summed E-state index contributed by atoms with van der Waals surface area (Å²) in [4.78, 5) is 2.36. The second-order valence-electron chi connectivity index (χ2n) is 12.9. The minimum absolute atomic E-state index is 0.116. The Balaban J connectivity index is 1.28. The van der Waals surface area contributed by atoms with Crippen LogP contribution in [0.2, 0.25) is 0 Å². The molecule has 2 nitrogen and oxygen atoms in total. The number of fused-ring (bicyclic) bond motifs is 6. The summed E-state index contributed by atoms with van der Waals surface area (Å²) < 4.78 is 6.62. The number of nitrogens with zero attached hydrogens (tertiary/aromatic N) is 1. The number of benzene rings is 7. The van der Waals surface area contributed by atoms with Crippen LogP contribution in [0.3, 0.4) is 0 Å². The SMILES string of the molecule is CC1(C)c2ccc(N(c3ccc(-c4ccccc4)cc3)c3cccc4c3oc3ccccc34)cc2-c2c(-c3ccccc3)cccc21. The van der Waals surface area contributed by atoms with Crippen molar-refractivity contribution in [3.05, 3.63) is 175 Å². The summed E-state index contributed by atoms with van der Waals surface area (Å²) in [7, 11) is 0. The summed E-state index contributed by atoms with van der Waals surface area (Å²) in [6.07, 6.45) is 0. The van der Waals surface area contributed by atoms with Crippen molar-refractivity contribution in [2.45, 2.75) is 19.3 Å². The highest BCUT2D eigenvalue weighted by molar-refractivity contribution is 6.10. The topological polar surface area (TPSA) is 16.4 Å². The van der Waals surface area contributed by atoms with E-state index in [1.807, 2.05) is 6.07 Å². The van der Waals surface area contributed by atoms with E-state index in [-0.39, 0.29) is 5.41 Å². The van der Waals surface area contributed by atoms with Gasteiger partial charge in [-0.3, -0.25) is 0 Å². The Bertz CT molecular complexity index is 2420. The van der Waals surface area contributed by atoms with E-state index in [2.05, 4.69) is 176 Å². The smallest absolute Gasteiger partial charge is 0.159 e. The summed E-state index contributed by atoms with van der Waals surface area (Å²) in [5.74, 6) is 0. The first-order valence-corrected chi connectivity index (χ1v) is 16.3. The lowest BCUT2D eigenvalue weighted by atomic mass is 9.82. The van der Waals surface area contributed by atoms with Gasteiger partial charge in [-0.25, -0.2) is 0 Å². The molecule has 47 heavy (non-hydrogen) atoms. The monoisotopic (exact) mass is 603 g/mol. The molecule has 0 bridgehead atoms. The minimum atomic E-state index is -0.116. The molecule has 1 aliphatic rings. The summed E-state index contributed by atoms with van der Waals surface area (Å²) in [6.45, 7) is 4.70. The van der Waals surface area contributed by atoms with E-state index < -0.39 is 0 Å². The summed E-state index contributed by atoms with van der Waals surface area (Å²) >= 11 is 0. The van der Waals surface area contributed by atoms with Crippen molar-refractivity contribution in [2.24, 2.45) is 0 Å². The van der Waals surface area contributed by atoms with Gasteiger partial charge in [-0.2, -0.15) is 0 Å². The maximum atomic E-state index is 6.62. The van der Waals surface area contributed by atoms with Crippen molar-refractivity contribution < 1.29 is 4.42 Å². The molecule has 0 spiro atoms. The van der Waals surface area contributed by atoms with Crippen LogP contribution in [0.25, 0.3) is 55.3 Å². The van der Waals surface area contributed by atoms with Gasteiger partial charge in [0.05, 0.1) is 5.69 Å². The zero-order valence-corrected chi connectivity index (χ0v) is 26.4. The molecule has 8 aromatic rings. The number of furan rings is 1. The Morgan fingerprint density at radius 1 is 0.468 bits per heavy atom. The lowest BCUT2D eigenvalue weighted by molar-refractivity contribution is 0.660. The van der Waals surface area contributed by atoms with Crippen LogP contribution in [0.5, 0.6) is 0 Å². The molecular weight excluding hydrogens is 571 g/mol. The fraction of sp³-hybridized carbons (Fsp3) is 0.0667. The van der Waals surface area contributed by atoms with E-state index in [1.165, 1.54) is 44.5 Å². The molecule has 0 saturated heterocycles. The molecule has 0 N–H and O–H groups in total. The fourth-order valence-electron chi connectivity index (χ4n) is 7.56. The Morgan fingerprint density at radius 3 is 1.89 bits per heavy atom. The van der Waals surface area contributed by atoms with Crippen molar-refractivity contribution in [3.63, 3.8) is 0 Å². The van der Waals surface area contributed by atoms with Crippen molar-refractivity contribution in [3.8, 4) is 33.4 Å². The standard InChI is InChI=1S/C45H33NO/c1-45(2)39-28-27-34(29-38(39)43-35(18-11-20-40(43)45)32-15-7-4-8-16-32)46(33-25-23-31(24-26-33)30-13-5-3-6-14-30)41-21-12-19-37-36-17-9-10-22-42(36)47-44(37)41/h3-29H,1-2H3. The quantitative estimate of drug-likeness (QED) is 0.195. The molecule has 224 valence electrons. The van der Waals surface area contributed by atoms with Crippen molar-refractivity contribution in [1.29, 1.82) is 0 Å². The highest BCUT2D eigenvalue weighted by Gasteiger charge is 2.37. The second-order valence-corrected chi connectivity index (χ2v) is 12.9. The van der Waals surface area contributed by atoms with E-state index in [9.17, 15) is 0 Å². The molecule has 0 radical (unpaired) electrons. The van der Waals surface area contributed by atoms with Gasteiger partial charge in [0.2, 0.25) is 0 Å². The minimum Gasteiger partial charge on any atom is -0.454 e. The van der Waals surface area contributed by atoms with E-state index in [0.29, 0.717) is 0 Å². The van der Waals surface area contributed by atoms with Crippen molar-refractivity contribution in [2.75, 3.05) is 4.90 Å². The van der Waals surface area contributed by atoms with Crippen molar-refractivity contribution in [1.82, 2.24) is 0 Å². The van der Waals surface area contributed by atoms with Gasteiger partial charge in [0.15, 0.2) is 5.58 Å². The molecule has 9 rings (SSSR count). The highest BCUT2D eigenvalue weighted by Crippen LogP contribution is 2.54. The molecule has 2 heteroatoms. The predicted octanol–water partition coefficient (Wildman–Crippen LogP) is 12.7. The summed E-state index contributed by atoms with van der Waals surface area (Å²) in [5, 5.41) is 2.24. The molecule has 0 aliphatic heterocycles. The average Bonchev–Trinajstić information content (AvgIpc) is 3.62. The van der Waals surface area contributed by atoms with Gasteiger partial charge in [0.25, 0.3) is 0 Å². The van der Waals surface area contributed by atoms with Gasteiger partial charge in [0, 0.05) is 27.6 Å². The largest absolute Gasteiger partial charge is 0.454 e. The third-order valence-electron chi connectivity index (χ3n) is 9.88. The zero-order chi connectivity index (χ0) is 31.5. The van der Waals surface area contributed by atoms with Gasteiger partial charge >= 0.3 is 0 Å². The van der Waals surface area contributed by atoms with Crippen LogP contribution in [-0.2, 0) is 5.41 Å². The van der Waals surface area contributed by atoms with Gasteiger partial charge in [-0.1, -0.05) is 141 Å². The van der Waals surface area contributed by atoms with Gasteiger partial charge in [0.1, 0.15) is 5.58 Å². The molecule has 0 fully saturated rings. The van der Waals surface area contributed by atoms with Gasteiger partial charge < -0.3 is 9.32 Å². The fourth-order valence-corrected chi connectivity index (χ4v) is 7.56. The Labute approximate surface area is 275 Å². The van der Waals surface area contributed by atoms with E-state index >= 15 is 0 Å². The van der Waals surface area contributed by atoms with Crippen LogP contribution in [-0.4, -0.2) is 0 Å². The molecular formula is C45H33NO. The predicted molar refractivity (Wildman–Crippen MR) is 197 cm³/mol. The summed E-state index contributed by atoms with van der Waals surface area (Å²) in [6, 6.07) is 58.8. The third-order valence-corrected chi connectivity index (χ3v) is 9.88. The van der Waals surface area contributed by atoms with Gasteiger partial charge in [-0.05, 0) is 80.9 Å². The number of hydrogen-bond acceptors (Lipinski definition) is 2. The maximum absolute atomic E-state index is 6.62. The second kappa shape index (κ2) is 10.6. The Hall–Kier alpha value is -5.86. The normalized spacial score (nSPS) is 13.1. The van der Waals surface area contributed by atoms with Crippen LogP contribution in [0, 0.1) is 0 Å². The molecule has 0 unspecified atom stereocenters. The average molecular weight is 604 g/mol. The molecule has 0 saturated carbocycles. The Morgan fingerprint density at radius 2 is 1.11 bits per heavy atom. The number of anilines is 3. The first-order valence-electron chi connectivity index (χ1n) is 16.3. The lowest BCUT2D eigenvalue weighted by Gasteiger charge is -2.27. The maximum Gasteiger partial charge on any atom is 0.159 e. The van der Waals surface area contributed by atoms with Gasteiger partial charge in [-0.15, -0.1) is 0 Å². The van der Waals surface area contributed by atoms with Crippen molar-refractivity contribution >= 4 is 39.0 Å². The van der Waals surface area contributed by atoms with Crippen LogP contribution >= 0.6 is 0 Å². The van der Waals surface area contributed by atoms with Crippen LogP contribution in [0.4, 0.5) is 17.1 Å². The molecule has 0 amide bonds. The molecule has 7 aromatic carbocycles. The first kappa shape index (κ1) is 27.5. The number of rotatable bonds is 5. The molecule has 0 atom stereocenters. The first-order chi connectivity index (χ1) is 23.1. The zero-order valence-electron chi connectivity index (χ0n) is 26.4. The Kier molecular flexibility index (Phi) is 6.20. The summed E-state index contributed by atoms with van der Waals surface area (Å²) in [5.41, 5.74) is 15.1. The van der Waals surface area contributed by atoms with Crippen LogP contribution < -0.4 is 4.90 Å². The van der Waals surface area contributed by atoms with Crippen LogP contribution in [0.15, 0.2) is 168 Å². The third kappa shape index (κ3) is 4.33. The molecule has 1 heterocycles. The van der Waals surface area contributed by atoms with Crippen LogP contribution in [0.1, 0.15) is 25.0 Å². The highest BCUT2D eigenvalue weighted by atomic mass is 16.3. The molecule has 1 aliphatic carbocycles. The number of para-hydroxylation sites is 2. The number of hydrogen-bond donors (Lipinski definition) is 0. The lowest BCUT2D eigenvalue weighted by Crippen LogP contribution is -2.15. The van der Waals surface area contributed by atoms with E-state index in [0.717, 1.165) is 39.0 Å². The van der Waals surface area contributed by atoms with E-state index in [1.54, 1.807) is 0 Å². The van der Waals surface area contributed by atoms with E-state index in [4.69, 9.17) is 4.42 Å².